The average molecular weight is 364 g/mol. The average Bonchev–Trinajstić information content (AvgIpc) is 2.71. The Labute approximate surface area is 154 Å². The quantitative estimate of drug-likeness (QED) is 0.603. The molecule has 1 aromatic carbocycles. The zero-order valence-corrected chi connectivity index (χ0v) is 14.3. The molecule has 0 radical (unpaired) electrons. The van der Waals surface area contributed by atoms with E-state index in [0.717, 1.165) is 18.4 Å². The monoisotopic (exact) mass is 364 g/mol. The summed E-state index contributed by atoms with van der Waals surface area (Å²) < 4.78 is 12.4. The number of hydrogen-bond donors (Lipinski definition) is 0. The third kappa shape index (κ3) is 3.03. The summed E-state index contributed by atoms with van der Waals surface area (Å²) in [4.78, 5) is 24.0. The number of non-ortho nitro benzene ring substituents is 1. The smallest absolute Gasteiger partial charge is 0.277 e. The van der Waals surface area contributed by atoms with Gasteiger partial charge in [0.1, 0.15) is 24.8 Å². The van der Waals surface area contributed by atoms with E-state index in [1.165, 1.54) is 35.5 Å². The molecule has 2 aromatic rings. The number of pyridine rings is 1. The second-order valence-electron chi connectivity index (χ2n) is 6.18. The number of fused-ring (bicyclic) bond motifs is 1. The molecule has 1 unspecified atom stereocenters. The van der Waals surface area contributed by atoms with Crippen LogP contribution in [0.2, 0.25) is 0 Å². The number of nitro groups is 1. The van der Waals surface area contributed by atoms with Gasteiger partial charge in [0.05, 0.1) is 15.7 Å². The first-order chi connectivity index (χ1) is 13.2. The van der Waals surface area contributed by atoms with Crippen LogP contribution in [-0.4, -0.2) is 9.49 Å². The lowest BCUT2D eigenvalue weighted by molar-refractivity contribution is -0.383. The van der Waals surface area contributed by atoms with Gasteiger partial charge in [0.2, 0.25) is 0 Å². The Balaban J connectivity index is 1.91. The first-order valence-electron chi connectivity index (χ1n) is 8.48. The maximum atomic E-state index is 13.2. The fraction of sp³-hybridized carbons (Fsp3) is 0.150. The highest BCUT2D eigenvalue weighted by Gasteiger charge is 2.26. The Hall–Kier alpha value is -3.61. The van der Waals surface area contributed by atoms with Crippen molar-refractivity contribution in [2.75, 3.05) is 0 Å². The van der Waals surface area contributed by atoms with Gasteiger partial charge in [-0.25, -0.2) is 0 Å². The first kappa shape index (κ1) is 16.8. The maximum Gasteiger partial charge on any atom is 0.277 e. The molecule has 4 rings (SSSR count). The molecule has 7 heteroatoms. The van der Waals surface area contributed by atoms with Gasteiger partial charge >= 0.3 is 0 Å². The van der Waals surface area contributed by atoms with E-state index in [4.69, 9.17) is 9.47 Å². The van der Waals surface area contributed by atoms with E-state index in [9.17, 15) is 14.9 Å². The summed E-state index contributed by atoms with van der Waals surface area (Å²) in [6, 6.07) is 5.62. The van der Waals surface area contributed by atoms with Gasteiger partial charge in [-0.05, 0) is 30.5 Å². The molecule has 0 spiro atoms. The molecule has 0 saturated heterocycles. The number of rotatable bonds is 4. The van der Waals surface area contributed by atoms with E-state index in [1.807, 2.05) is 12.2 Å². The second kappa shape index (κ2) is 6.95. The molecule has 0 saturated carbocycles. The molecule has 0 amide bonds. The van der Waals surface area contributed by atoms with E-state index in [0.29, 0.717) is 11.1 Å². The van der Waals surface area contributed by atoms with E-state index in [1.54, 1.807) is 18.3 Å². The van der Waals surface area contributed by atoms with Crippen molar-refractivity contribution < 1.29 is 14.4 Å². The highest BCUT2D eigenvalue weighted by Crippen LogP contribution is 2.33. The van der Waals surface area contributed by atoms with Crippen LogP contribution in [0.3, 0.4) is 0 Å². The van der Waals surface area contributed by atoms with Crippen LogP contribution in [0.25, 0.3) is 10.8 Å². The zero-order valence-electron chi connectivity index (χ0n) is 14.3. The minimum atomic E-state index is -0.490. The first-order valence-corrected chi connectivity index (χ1v) is 8.48. The van der Waals surface area contributed by atoms with Crippen LogP contribution >= 0.6 is 0 Å². The fourth-order valence-corrected chi connectivity index (χ4v) is 3.39. The number of benzene rings is 1. The van der Waals surface area contributed by atoms with E-state index in [-0.39, 0.29) is 16.6 Å². The van der Waals surface area contributed by atoms with Crippen molar-refractivity contribution in [1.82, 2.24) is 4.57 Å². The zero-order chi connectivity index (χ0) is 18.8. The van der Waals surface area contributed by atoms with Gasteiger partial charge in [-0.2, -0.15) is 0 Å². The molecule has 1 aromatic heterocycles. The van der Waals surface area contributed by atoms with Crippen LogP contribution in [0.1, 0.15) is 18.9 Å². The fourth-order valence-electron chi connectivity index (χ4n) is 3.39. The Morgan fingerprint density at radius 3 is 2.78 bits per heavy atom. The van der Waals surface area contributed by atoms with Gasteiger partial charge in [-0.1, -0.05) is 24.3 Å². The van der Waals surface area contributed by atoms with Gasteiger partial charge < -0.3 is 14.0 Å². The minimum absolute atomic E-state index is 0.0903. The second-order valence-corrected chi connectivity index (χ2v) is 6.18. The van der Waals surface area contributed by atoms with Crippen LogP contribution in [0.4, 0.5) is 5.69 Å². The van der Waals surface area contributed by atoms with Crippen LogP contribution in [-0.2, 0) is 9.47 Å². The van der Waals surface area contributed by atoms with Gasteiger partial charge in [-0.15, -0.1) is 0 Å². The predicted octanol–water partition coefficient (Wildman–Crippen LogP) is 4.09. The Morgan fingerprint density at radius 2 is 2.07 bits per heavy atom. The molecule has 2 aliphatic rings. The molecule has 27 heavy (non-hydrogen) atoms. The van der Waals surface area contributed by atoms with Crippen molar-refractivity contribution in [3.05, 3.63) is 99.3 Å². The summed E-state index contributed by atoms with van der Waals surface area (Å²) in [6.07, 6.45) is 13.5. The molecule has 0 bridgehead atoms. The van der Waals surface area contributed by atoms with Crippen LogP contribution in [0.5, 0.6) is 0 Å². The molecule has 7 nitrogen and oxygen atoms in total. The Kier molecular flexibility index (Phi) is 4.33. The van der Waals surface area contributed by atoms with E-state index < -0.39 is 11.0 Å². The third-order valence-corrected chi connectivity index (χ3v) is 4.61. The molecule has 1 aliphatic carbocycles. The summed E-state index contributed by atoms with van der Waals surface area (Å²) in [7, 11) is 0. The topological polar surface area (TPSA) is 83.6 Å². The molecule has 1 atom stereocenters. The Morgan fingerprint density at radius 1 is 1.19 bits per heavy atom. The maximum absolute atomic E-state index is 13.2. The number of nitro benzene ring substituents is 1. The van der Waals surface area contributed by atoms with Crippen molar-refractivity contribution in [3.8, 4) is 0 Å². The molecular formula is C20H16N2O5. The standard InChI is InChI=1S/C20H16N2O5/c23-20-16-7-4-8-17(22(24)25)15(16)9-10-21(20)19(14-5-2-1-3-6-14)18-13-26-11-12-27-18/h1-2,4-5,7-13,19H,3,6H2. The summed E-state index contributed by atoms with van der Waals surface area (Å²) in [5, 5.41) is 11.9. The number of ether oxygens (including phenoxy) is 2. The SMILES string of the molecule is O=c1c2cccc([N+](=O)[O-])c2ccn1C(C1=CC=CCC1)C1=COC=CO1. The van der Waals surface area contributed by atoms with Crippen molar-refractivity contribution in [3.63, 3.8) is 0 Å². The normalized spacial score (nSPS) is 16.9. The van der Waals surface area contributed by atoms with Gasteiger partial charge in [0, 0.05) is 12.3 Å². The molecule has 1 aliphatic heterocycles. The molecule has 0 fully saturated rings. The van der Waals surface area contributed by atoms with E-state index >= 15 is 0 Å². The van der Waals surface area contributed by atoms with Crippen LogP contribution in [0, 0.1) is 10.1 Å². The summed E-state index contributed by atoms with van der Waals surface area (Å²) in [6.45, 7) is 0. The largest absolute Gasteiger partial charge is 0.466 e. The molecule has 0 N–H and O–H groups in total. The van der Waals surface area contributed by atoms with Gasteiger partial charge in [0.25, 0.3) is 11.2 Å². The number of allylic oxidation sites excluding steroid dienone is 4. The number of nitrogens with zero attached hydrogens (tertiary/aromatic N) is 2. The third-order valence-electron chi connectivity index (χ3n) is 4.61. The summed E-state index contributed by atoms with van der Waals surface area (Å²) in [5.41, 5.74) is 0.581. The lowest BCUT2D eigenvalue weighted by Gasteiger charge is -2.26. The molecular weight excluding hydrogens is 348 g/mol. The Bertz CT molecular complexity index is 1090. The van der Waals surface area contributed by atoms with Crippen molar-refractivity contribution >= 4 is 16.5 Å². The highest BCUT2D eigenvalue weighted by atomic mass is 16.6. The molecule has 136 valence electrons. The van der Waals surface area contributed by atoms with Crippen LogP contribution < -0.4 is 5.56 Å². The van der Waals surface area contributed by atoms with Crippen LogP contribution in [0.15, 0.2) is 83.6 Å². The van der Waals surface area contributed by atoms with E-state index in [2.05, 4.69) is 6.08 Å². The van der Waals surface area contributed by atoms with Gasteiger partial charge in [0.15, 0.2) is 5.76 Å². The summed E-state index contributed by atoms with van der Waals surface area (Å²) >= 11 is 0. The van der Waals surface area contributed by atoms with Gasteiger partial charge in [-0.3, -0.25) is 14.9 Å². The lowest BCUT2D eigenvalue weighted by atomic mass is 9.96. The highest BCUT2D eigenvalue weighted by molar-refractivity contribution is 5.89. The predicted molar refractivity (Wildman–Crippen MR) is 99.7 cm³/mol. The summed E-state index contributed by atoms with van der Waals surface area (Å²) in [5.74, 6) is 0.478. The lowest BCUT2D eigenvalue weighted by Crippen LogP contribution is -2.28. The van der Waals surface area contributed by atoms with Crippen molar-refractivity contribution in [2.45, 2.75) is 18.9 Å². The number of aromatic nitrogens is 1. The van der Waals surface area contributed by atoms with Crippen molar-refractivity contribution in [1.29, 1.82) is 0 Å². The van der Waals surface area contributed by atoms with Crippen molar-refractivity contribution in [2.24, 2.45) is 0 Å². The number of hydrogen-bond acceptors (Lipinski definition) is 5. The molecule has 2 heterocycles. The minimum Gasteiger partial charge on any atom is -0.466 e.